The van der Waals surface area contributed by atoms with Gasteiger partial charge in [-0.1, -0.05) is 51.5 Å². The van der Waals surface area contributed by atoms with Gasteiger partial charge in [0.1, 0.15) is 5.78 Å². The zero-order valence-corrected chi connectivity index (χ0v) is 24.6. The Labute approximate surface area is 233 Å². The van der Waals surface area contributed by atoms with Crippen LogP contribution in [0.4, 0.5) is 11.4 Å². The Morgan fingerprint density at radius 1 is 0.949 bits per heavy atom. The van der Waals surface area contributed by atoms with Crippen molar-refractivity contribution in [2.75, 3.05) is 31.1 Å². The van der Waals surface area contributed by atoms with Gasteiger partial charge in [-0.15, -0.1) is 0 Å². The molecule has 0 radical (unpaired) electrons. The topological polar surface area (TPSA) is 60.0 Å². The summed E-state index contributed by atoms with van der Waals surface area (Å²) in [6, 6.07) is 23.7. The molecule has 1 aliphatic carbocycles. The molecule has 3 aromatic carbocycles. The Morgan fingerprint density at radius 3 is 2.36 bits per heavy atom. The average Bonchev–Trinajstić information content (AvgIpc) is 3.40. The molecule has 5 rings (SSSR count). The predicted octanol–water partition coefficient (Wildman–Crippen LogP) is 7.67. The first kappa shape index (κ1) is 27.6. The molecule has 0 bridgehead atoms. The highest BCUT2D eigenvalue weighted by atomic mass is 31.2. The highest BCUT2D eigenvalue weighted by Crippen LogP contribution is 2.62. The molecule has 0 amide bonds. The zero-order chi connectivity index (χ0) is 27.6. The van der Waals surface area contributed by atoms with E-state index in [4.69, 9.17) is 14.0 Å². The minimum atomic E-state index is -3.54. The quantitative estimate of drug-likeness (QED) is 0.277. The molecular formula is C32H41N2O4P. The van der Waals surface area contributed by atoms with Crippen molar-refractivity contribution in [2.24, 2.45) is 17.8 Å². The van der Waals surface area contributed by atoms with Gasteiger partial charge in [-0.25, -0.2) is 0 Å². The van der Waals surface area contributed by atoms with Crippen molar-refractivity contribution in [1.82, 2.24) is 0 Å². The van der Waals surface area contributed by atoms with Crippen LogP contribution in [-0.2, 0) is 9.09 Å². The molecule has 3 aromatic rings. The molecule has 1 saturated carbocycles. The zero-order valence-electron chi connectivity index (χ0n) is 23.7. The first-order valence-corrected chi connectivity index (χ1v) is 15.7. The van der Waals surface area contributed by atoms with Crippen LogP contribution in [-0.4, -0.2) is 27.0 Å². The summed E-state index contributed by atoms with van der Waals surface area (Å²) >= 11 is 0. The molecule has 1 fully saturated rings. The lowest BCUT2D eigenvalue weighted by Gasteiger charge is -2.41. The van der Waals surface area contributed by atoms with Gasteiger partial charge in [-0.05, 0) is 84.7 Å². The Bertz CT molecular complexity index is 1300. The number of anilines is 2. The van der Waals surface area contributed by atoms with Gasteiger partial charge in [-0.2, -0.15) is 0 Å². The minimum Gasteiger partial charge on any atom is -0.454 e. The highest BCUT2D eigenvalue weighted by Gasteiger charge is 2.44. The van der Waals surface area contributed by atoms with Crippen LogP contribution in [0.1, 0.15) is 51.4 Å². The van der Waals surface area contributed by atoms with E-state index in [2.05, 4.69) is 26.1 Å². The van der Waals surface area contributed by atoms with Gasteiger partial charge in [0, 0.05) is 30.8 Å². The summed E-state index contributed by atoms with van der Waals surface area (Å²) in [4.78, 5) is 2.05. The van der Waals surface area contributed by atoms with Gasteiger partial charge >= 0.3 is 0 Å². The van der Waals surface area contributed by atoms with Crippen molar-refractivity contribution >= 4 is 24.0 Å². The Balaban J connectivity index is 1.64. The second-order valence-corrected chi connectivity index (χ2v) is 13.9. The third-order valence-electron chi connectivity index (χ3n) is 8.11. The van der Waals surface area contributed by atoms with Crippen LogP contribution >= 0.6 is 7.37 Å². The molecule has 0 unspecified atom stereocenters. The van der Waals surface area contributed by atoms with E-state index in [1.54, 1.807) is 0 Å². The van der Waals surface area contributed by atoms with Crippen molar-refractivity contribution in [3.63, 3.8) is 0 Å². The number of nitrogens with zero attached hydrogens (tertiary/aromatic N) is 1. The Hall–Kier alpha value is -2.95. The van der Waals surface area contributed by atoms with Crippen molar-refractivity contribution in [1.29, 1.82) is 0 Å². The maximum atomic E-state index is 15.7. The average molecular weight is 549 g/mol. The van der Waals surface area contributed by atoms with Crippen LogP contribution in [0.3, 0.4) is 0 Å². The third-order valence-corrected chi connectivity index (χ3v) is 10.8. The second-order valence-electron chi connectivity index (χ2n) is 11.5. The fraction of sp³-hybridized carbons (Fsp3) is 0.438. The highest BCUT2D eigenvalue weighted by molar-refractivity contribution is 7.67. The minimum absolute atomic E-state index is 0.0952. The van der Waals surface area contributed by atoms with Crippen molar-refractivity contribution in [3.05, 3.63) is 78.4 Å². The number of para-hydroxylation sites is 1. The van der Waals surface area contributed by atoms with E-state index >= 15 is 4.57 Å². The summed E-state index contributed by atoms with van der Waals surface area (Å²) in [7, 11) is 0.474. The van der Waals surface area contributed by atoms with E-state index in [-0.39, 0.29) is 12.9 Å². The van der Waals surface area contributed by atoms with Gasteiger partial charge in [-0.3, -0.25) is 4.57 Å². The van der Waals surface area contributed by atoms with Crippen molar-refractivity contribution in [2.45, 2.75) is 51.9 Å². The van der Waals surface area contributed by atoms with Gasteiger partial charge < -0.3 is 24.2 Å². The number of rotatable bonds is 9. The lowest BCUT2D eigenvalue weighted by Crippen LogP contribution is -2.35. The number of fused-ring (bicyclic) bond motifs is 1. The first-order chi connectivity index (χ1) is 18.7. The van der Waals surface area contributed by atoms with Crippen LogP contribution in [0.5, 0.6) is 11.5 Å². The molecule has 0 saturated heterocycles. The van der Waals surface area contributed by atoms with Gasteiger partial charge in [0.2, 0.25) is 6.79 Å². The van der Waals surface area contributed by atoms with Crippen LogP contribution in [0.15, 0.2) is 72.8 Å². The molecule has 0 aromatic heterocycles. The summed E-state index contributed by atoms with van der Waals surface area (Å²) in [5.74, 6) is 2.06. The first-order valence-electron chi connectivity index (χ1n) is 14.0. The maximum absolute atomic E-state index is 15.7. The molecular weight excluding hydrogens is 507 g/mol. The van der Waals surface area contributed by atoms with E-state index < -0.39 is 13.2 Å². The number of hydrogen-bond donors (Lipinski definition) is 1. The lowest BCUT2D eigenvalue weighted by atomic mass is 9.75. The largest absolute Gasteiger partial charge is 0.454 e. The smallest absolute Gasteiger partial charge is 0.258 e. The monoisotopic (exact) mass is 548 g/mol. The van der Waals surface area contributed by atoms with Gasteiger partial charge in [0.25, 0.3) is 7.37 Å². The van der Waals surface area contributed by atoms with Gasteiger partial charge in [0.05, 0.1) is 6.10 Å². The fourth-order valence-corrected chi connectivity index (χ4v) is 8.43. The normalized spacial score (nSPS) is 22.8. The summed E-state index contributed by atoms with van der Waals surface area (Å²) in [5, 5.41) is 4.32. The van der Waals surface area contributed by atoms with Crippen LogP contribution < -0.4 is 25.0 Å². The predicted molar refractivity (Wildman–Crippen MR) is 160 cm³/mol. The second kappa shape index (κ2) is 11.7. The van der Waals surface area contributed by atoms with E-state index in [0.29, 0.717) is 34.6 Å². The molecule has 2 aliphatic rings. The molecule has 7 heteroatoms. The number of nitrogens with one attached hydrogen (secondary N) is 1. The molecule has 1 heterocycles. The SMILES string of the molecule is CC(C)[C@H]1CC[C@H](C)C[C@H]1O[P@](=O)(c1ccc(N(C)C)cc1)[C@H](Nc1ccccc1)c1ccc2c(c1)OCO2. The number of hydrogen-bond acceptors (Lipinski definition) is 6. The fourth-order valence-electron chi connectivity index (χ4n) is 5.81. The maximum Gasteiger partial charge on any atom is 0.258 e. The Morgan fingerprint density at radius 2 is 1.67 bits per heavy atom. The molecule has 208 valence electrons. The van der Waals surface area contributed by atoms with Crippen LogP contribution in [0.2, 0.25) is 0 Å². The molecule has 6 nitrogen and oxygen atoms in total. The van der Waals surface area contributed by atoms with E-state index in [1.165, 1.54) is 6.42 Å². The van der Waals surface area contributed by atoms with Gasteiger partial charge in [0.15, 0.2) is 11.5 Å². The molecule has 39 heavy (non-hydrogen) atoms. The summed E-state index contributed by atoms with van der Waals surface area (Å²) in [5.41, 5.74) is 2.77. The van der Waals surface area contributed by atoms with E-state index in [0.717, 1.165) is 29.8 Å². The number of ether oxygens (including phenoxy) is 2. The standard InChI is InChI=1S/C32H41N2O4P/c1-22(2)28-17-11-23(3)19-30(28)38-39(35,27-15-13-26(14-16-27)34(4)5)32(33-25-9-7-6-8-10-25)24-12-18-29-31(20-24)37-21-36-29/h6-10,12-16,18,20,22-23,28,30,32-33H,11,17,19,21H2,1-5H3/t23-,28+,30+,32-,39+/m0/s1. The number of benzene rings is 3. The lowest BCUT2D eigenvalue weighted by molar-refractivity contribution is 0.0489. The summed E-state index contributed by atoms with van der Waals surface area (Å²) in [6.45, 7) is 6.98. The van der Waals surface area contributed by atoms with Crippen LogP contribution in [0, 0.1) is 17.8 Å². The Kier molecular flexibility index (Phi) is 8.25. The van der Waals surface area contributed by atoms with E-state index in [1.807, 2.05) is 91.8 Å². The molecule has 1 aliphatic heterocycles. The molecule has 1 N–H and O–H groups in total. The van der Waals surface area contributed by atoms with E-state index in [9.17, 15) is 0 Å². The van der Waals surface area contributed by atoms with Crippen molar-refractivity contribution < 1.29 is 18.6 Å². The molecule has 5 atom stereocenters. The van der Waals surface area contributed by atoms with Crippen LogP contribution in [0.25, 0.3) is 0 Å². The molecule has 0 spiro atoms. The third kappa shape index (κ3) is 5.97. The van der Waals surface area contributed by atoms with Crippen molar-refractivity contribution in [3.8, 4) is 11.5 Å². The summed E-state index contributed by atoms with van der Waals surface area (Å²) < 4.78 is 34.0. The summed E-state index contributed by atoms with van der Waals surface area (Å²) in [6.07, 6.45) is 3.08.